The molecule has 2 fully saturated rings. The summed E-state index contributed by atoms with van der Waals surface area (Å²) in [5, 5.41) is 3.09. The topological polar surface area (TPSA) is 84.9 Å². The number of ether oxygens (including phenoxy) is 2. The molecule has 1 amide bonds. The summed E-state index contributed by atoms with van der Waals surface area (Å²) >= 11 is 0. The van der Waals surface area contributed by atoms with E-state index in [2.05, 4.69) is 5.32 Å². The summed E-state index contributed by atoms with van der Waals surface area (Å²) in [4.78, 5) is 12.7. The SMILES string of the molecule is COc1ccc(OC)c(S(=O)(=O)N2CCC[C@H](NC(=O)C3CCCCC3)C2)c1. The molecule has 0 aromatic heterocycles. The van der Waals surface area contributed by atoms with Gasteiger partial charge in [-0.1, -0.05) is 19.3 Å². The first-order chi connectivity index (χ1) is 13.5. The molecule has 0 radical (unpaired) electrons. The first kappa shape index (κ1) is 20.9. The van der Waals surface area contributed by atoms with Gasteiger partial charge in [-0.25, -0.2) is 8.42 Å². The molecule has 7 nitrogen and oxygen atoms in total. The smallest absolute Gasteiger partial charge is 0.246 e. The van der Waals surface area contributed by atoms with E-state index in [4.69, 9.17) is 9.47 Å². The number of methoxy groups -OCH3 is 2. The largest absolute Gasteiger partial charge is 0.497 e. The molecular weight excluding hydrogens is 380 g/mol. The van der Waals surface area contributed by atoms with Gasteiger partial charge in [0, 0.05) is 31.1 Å². The molecule has 0 bridgehead atoms. The van der Waals surface area contributed by atoms with Crippen molar-refractivity contribution in [3.63, 3.8) is 0 Å². The predicted molar refractivity (Wildman–Crippen MR) is 106 cm³/mol. The van der Waals surface area contributed by atoms with Crippen molar-refractivity contribution in [1.29, 1.82) is 0 Å². The van der Waals surface area contributed by atoms with Gasteiger partial charge in [-0.05, 0) is 37.8 Å². The molecule has 0 spiro atoms. The second-order valence-electron chi connectivity index (χ2n) is 7.56. The maximum Gasteiger partial charge on any atom is 0.246 e. The highest BCUT2D eigenvalue weighted by Gasteiger charge is 2.34. The zero-order valence-electron chi connectivity index (χ0n) is 16.6. The number of nitrogens with zero attached hydrogens (tertiary/aromatic N) is 1. The van der Waals surface area contributed by atoms with Gasteiger partial charge in [0.05, 0.1) is 14.2 Å². The molecular formula is C20H30N2O5S. The number of rotatable bonds is 6. The van der Waals surface area contributed by atoms with E-state index >= 15 is 0 Å². The summed E-state index contributed by atoms with van der Waals surface area (Å²) < 4.78 is 38.4. The number of benzene rings is 1. The Hall–Kier alpha value is -1.80. The Bertz CT molecular complexity index is 790. The molecule has 1 N–H and O–H groups in total. The Kier molecular flexibility index (Phi) is 6.82. The van der Waals surface area contributed by atoms with Crippen LogP contribution in [0.5, 0.6) is 11.5 Å². The van der Waals surface area contributed by atoms with E-state index in [1.165, 1.54) is 31.0 Å². The average molecular weight is 411 g/mol. The Morgan fingerprint density at radius 1 is 1.07 bits per heavy atom. The van der Waals surface area contributed by atoms with Crippen LogP contribution < -0.4 is 14.8 Å². The van der Waals surface area contributed by atoms with E-state index in [-0.39, 0.29) is 35.1 Å². The van der Waals surface area contributed by atoms with Crippen LogP contribution in [0, 0.1) is 5.92 Å². The van der Waals surface area contributed by atoms with Gasteiger partial charge in [0.25, 0.3) is 0 Å². The monoisotopic (exact) mass is 410 g/mol. The van der Waals surface area contributed by atoms with Crippen LogP contribution in [0.25, 0.3) is 0 Å². The van der Waals surface area contributed by atoms with Crippen LogP contribution in [0.2, 0.25) is 0 Å². The molecule has 1 aromatic carbocycles. The van der Waals surface area contributed by atoms with Crippen LogP contribution in [-0.2, 0) is 14.8 Å². The number of piperidine rings is 1. The van der Waals surface area contributed by atoms with Gasteiger partial charge < -0.3 is 14.8 Å². The molecule has 1 aliphatic carbocycles. The Balaban J connectivity index is 1.73. The Morgan fingerprint density at radius 2 is 1.82 bits per heavy atom. The Labute approximate surface area is 167 Å². The van der Waals surface area contributed by atoms with Gasteiger partial charge in [-0.2, -0.15) is 4.31 Å². The van der Waals surface area contributed by atoms with Crippen LogP contribution in [-0.4, -0.2) is 52.0 Å². The van der Waals surface area contributed by atoms with Crippen molar-refractivity contribution in [3.05, 3.63) is 18.2 Å². The molecule has 1 heterocycles. The van der Waals surface area contributed by atoms with E-state index in [1.54, 1.807) is 12.1 Å². The van der Waals surface area contributed by atoms with E-state index in [1.807, 2.05) is 0 Å². The van der Waals surface area contributed by atoms with E-state index in [0.29, 0.717) is 18.7 Å². The molecule has 0 unspecified atom stereocenters. The van der Waals surface area contributed by atoms with Gasteiger partial charge in [0.15, 0.2) is 0 Å². The second-order valence-corrected chi connectivity index (χ2v) is 9.47. The minimum absolute atomic E-state index is 0.0687. The third-order valence-electron chi connectivity index (χ3n) is 5.70. The summed E-state index contributed by atoms with van der Waals surface area (Å²) in [6.45, 7) is 0.708. The lowest BCUT2D eigenvalue weighted by molar-refractivity contribution is -0.126. The third kappa shape index (κ3) is 4.60. The lowest BCUT2D eigenvalue weighted by Crippen LogP contribution is -2.50. The van der Waals surface area contributed by atoms with Crippen LogP contribution in [0.1, 0.15) is 44.9 Å². The van der Waals surface area contributed by atoms with Crippen LogP contribution in [0.4, 0.5) is 0 Å². The molecule has 8 heteroatoms. The fourth-order valence-electron chi connectivity index (χ4n) is 4.09. The third-order valence-corrected chi connectivity index (χ3v) is 7.58. The summed E-state index contributed by atoms with van der Waals surface area (Å²) in [6, 6.07) is 4.59. The van der Waals surface area contributed by atoms with Crippen molar-refractivity contribution in [2.75, 3.05) is 27.3 Å². The van der Waals surface area contributed by atoms with Crippen LogP contribution in [0.3, 0.4) is 0 Å². The maximum absolute atomic E-state index is 13.2. The molecule has 2 aliphatic rings. The lowest BCUT2D eigenvalue weighted by Gasteiger charge is -2.33. The standard InChI is InChI=1S/C20H30N2O5S/c1-26-17-10-11-18(27-2)19(13-17)28(24,25)22-12-6-9-16(14-22)21-20(23)15-7-4-3-5-8-15/h10-11,13,15-16H,3-9,12,14H2,1-2H3,(H,21,23)/t16-/m0/s1. The molecule has 28 heavy (non-hydrogen) atoms. The number of sulfonamides is 1. The first-order valence-electron chi connectivity index (χ1n) is 9.98. The van der Waals surface area contributed by atoms with Gasteiger partial charge in [0.1, 0.15) is 16.4 Å². The normalized spacial score (nSPS) is 21.9. The highest BCUT2D eigenvalue weighted by molar-refractivity contribution is 7.89. The summed E-state index contributed by atoms with van der Waals surface area (Å²) in [7, 11) is -0.809. The van der Waals surface area contributed by atoms with Gasteiger partial charge in [0.2, 0.25) is 15.9 Å². The summed E-state index contributed by atoms with van der Waals surface area (Å²) in [6.07, 6.45) is 6.75. The number of hydrogen-bond acceptors (Lipinski definition) is 5. The second kappa shape index (κ2) is 9.13. The van der Waals surface area contributed by atoms with Crippen molar-refractivity contribution in [2.45, 2.75) is 55.9 Å². The molecule has 1 saturated heterocycles. The zero-order chi connectivity index (χ0) is 20.1. The van der Waals surface area contributed by atoms with Gasteiger partial charge in [-0.3, -0.25) is 4.79 Å². The fraction of sp³-hybridized carbons (Fsp3) is 0.650. The molecule has 1 aromatic rings. The van der Waals surface area contributed by atoms with Crippen LogP contribution in [0.15, 0.2) is 23.1 Å². The summed E-state index contributed by atoms with van der Waals surface area (Å²) in [5.41, 5.74) is 0. The van der Waals surface area contributed by atoms with E-state index < -0.39 is 10.0 Å². The van der Waals surface area contributed by atoms with Crippen molar-refractivity contribution in [3.8, 4) is 11.5 Å². The van der Waals surface area contributed by atoms with Crippen LogP contribution >= 0.6 is 0 Å². The molecule has 1 saturated carbocycles. The quantitative estimate of drug-likeness (QED) is 0.779. The molecule has 156 valence electrons. The van der Waals surface area contributed by atoms with Gasteiger partial charge in [-0.15, -0.1) is 0 Å². The lowest BCUT2D eigenvalue weighted by atomic mass is 9.88. The van der Waals surface area contributed by atoms with Crippen molar-refractivity contribution >= 4 is 15.9 Å². The van der Waals surface area contributed by atoms with E-state index in [9.17, 15) is 13.2 Å². The van der Waals surface area contributed by atoms with Crippen molar-refractivity contribution < 1.29 is 22.7 Å². The van der Waals surface area contributed by atoms with Crippen molar-refractivity contribution in [2.24, 2.45) is 5.92 Å². The fourth-order valence-corrected chi connectivity index (χ4v) is 5.78. The minimum Gasteiger partial charge on any atom is -0.497 e. The minimum atomic E-state index is -3.75. The summed E-state index contributed by atoms with van der Waals surface area (Å²) in [5.74, 6) is 0.884. The van der Waals surface area contributed by atoms with E-state index in [0.717, 1.165) is 32.1 Å². The number of nitrogens with one attached hydrogen (secondary N) is 1. The van der Waals surface area contributed by atoms with Crippen molar-refractivity contribution in [1.82, 2.24) is 9.62 Å². The Morgan fingerprint density at radius 3 is 2.50 bits per heavy atom. The zero-order valence-corrected chi connectivity index (χ0v) is 17.5. The number of carbonyl (C=O) groups is 1. The molecule has 1 atom stereocenters. The average Bonchev–Trinajstić information content (AvgIpc) is 2.74. The maximum atomic E-state index is 13.2. The highest BCUT2D eigenvalue weighted by atomic mass is 32.2. The highest BCUT2D eigenvalue weighted by Crippen LogP contribution is 2.32. The number of hydrogen-bond donors (Lipinski definition) is 1. The molecule has 1 aliphatic heterocycles. The number of amides is 1. The van der Waals surface area contributed by atoms with Gasteiger partial charge >= 0.3 is 0 Å². The predicted octanol–water partition coefficient (Wildman–Crippen LogP) is 2.55. The number of carbonyl (C=O) groups excluding carboxylic acids is 1. The molecule has 3 rings (SSSR count). The first-order valence-corrected chi connectivity index (χ1v) is 11.4.